The van der Waals surface area contributed by atoms with Crippen LogP contribution in [0.15, 0.2) is 60.8 Å². The van der Waals surface area contributed by atoms with E-state index in [2.05, 4.69) is 15.5 Å². The van der Waals surface area contributed by atoms with Gasteiger partial charge in [-0.15, -0.1) is 0 Å². The number of ether oxygens (including phenoxy) is 1. The summed E-state index contributed by atoms with van der Waals surface area (Å²) in [6.45, 7) is 6.12. The van der Waals surface area contributed by atoms with E-state index in [1.165, 1.54) is 18.2 Å². The van der Waals surface area contributed by atoms with Gasteiger partial charge in [0, 0.05) is 24.0 Å². The summed E-state index contributed by atoms with van der Waals surface area (Å²) in [5.41, 5.74) is 3.06. The van der Waals surface area contributed by atoms with Crippen molar-refractivity contribution in [3.63, 3.8) is 0 Å². The van der Waals surface area contributed by atoms with Gasteiger partial charge in [0.1, 0.15) is 18.2 Å². The van der Waals surface area contributed by atoms with E-state index in [4.69, 9.17) is 4.74 Å². The standard InChI is InChI=1S/C23H22N6O4/c1-15-5-4-6-20(9-15)33-21-12-18(11-19(13-21)29(31)32)24-23(30)22-7-8-27(26-22)14-28-17(3)10-16(2)25-28/h4-13H,14H2,1-3H3,(H,24,30). The van der Waals surface area contributed by atoms with E-state index >= 15 is 0 Å². The van der Waals surface area contributed by atoms with E-state index in [-0.39, 0.29) is 22.8 Å². The van der Waals surface area contributed by atoms with Crippen LogP contribution >= 0.6 is 0 Å². The fraction of sp³-hybridized carbons (Fsp3) is 0.174. The summed E-state index contributed by atoms with van der Waals surface area (Å²) < 4.78 is 9.15. The van der Waals surface area contributed by atoms with E-state index in [0.29, 0.717) is 12.4 Å². The van der Waals surface area contributed by atoms with Gasteiger partial charge < -0.3 is 10.1 Å². The predicted octanol–water partition coefficient (Wildman–Crippen LogP) is 4.46. The number of aryl methyl sites for hydroxylation is 3. The molecule has 168 valence electrons. The number of amides is 1. The van der Waals surface area contributed by atoms with Crippen LogP contribution in [-0.4, -0.2) is 30.4 Å². The summed E-state index contributed by atoms with van der Waals surface area (Å²) in [6, 6.07) is 14.9. The number of aromatic nitrogens is 4. The molecule has 0 bridgehead atoms. The number of carbonyl (C=O) groups is 1. The number of non-ortho nitro benzene ring substituents is 1. The lowest BCUT2D eigenvalue weighted by Crippen LogP contribution is -2.15. The van der Waals surface area contributed by atoms with E-state index in [1.54, 1.807) is 27.7 Å². The molecule has 1 amide bonds. The summed E-state index contributed by atoms with van der Waals surface area (Å²) in [7, 11) is 0. The van der Waals surface area contributed by atoms with Crippen LogP contribution in [0.1, 0.15) is 27.4 Å². The molecule has 0 saturated heterocycles. The van der Waals surface area contributed by atoms with Crippen LogP contribution in [0, 0.1) is 30.9 Å². The Morgan fingerprint density at radius 2 is 1.88 bits per heavy atom. The van der Waals surface area contributed by atoms with Crippen molar-refractivity contribution in [2.24, 2.45) is 0 Å². The Labute approximate surface area is 189 Å². The molecule has 10 nitrogen and oxygen atoms in total. The van der Waals surface area contributed by atoms with Crippen molar-refractivity contribution in [3.05, 3.63) is 93.6 Å². The molecule has 2 aromatic heterocycles. The second-order valence-corrected chi connectivity index (χ2v) is 7.65. The van der Waals surface area contributed by atoms with Crippen LogP contribution in [-0.2, 0) is 6.67 Å². The zero-order valence-corrected chi connectivity index (χ0v) is 18.3. The van der Waals surface area contributed by atoms with Crippen LogP contribution in [0.25, 0.3) is 0 Å². The highest BCUT2D eigenvalue weighted by Gasteiger charge is 2.16. The fourth-order valence-corrected chi connectivity index (χ4v) is 3.35. The third-order valence-corrected chi connectivity index (χ3v) is 4.84. The molecule has 33 heavy (non-hydrogen) atoms. The molecule has 4 aromatic rings. The molecule has 0 atom stereocenters. The summed E-state index contributed by atoms with van der Waals surface area (Å²) >= 11 is 0. The van der Waals surface area contributed by atoms with Gasteiger partial charge in [0.15, 0.2) is 5.69 Å². The van der Waals surface area contributed by atoms with Gasteiger partial charge in [0.25, 0.3) is 11.6 Å². The van der Waals surface area contributed by atoms with Crippen molar-refractivity contribution < 1.29 is 14.5 Å². The van der Waals surface area contributed by atoms with Gasteiger partial charge in [0.05, 0.1) is 22.4 Å². The van der Waals surface area contributed by atoms with E-state index in [1.807, 2.05) is 45.0 Å². The first-order valence-electron chi connectivity index (χ1n) is 10.2. The molecular formula is C23H22N6O4. The van der Waals surface area contributed by atoms with Crippen molar-refractivity contribution in [1.82, 2.24) is 19.6 Å². The highest BCUT2D eigenvalue weighted by molar-refractivity contribution is 6.03. The molecular weight excluding hydrogens is 424 g/mol. The molecule has 0 aliphatic carbocycles. The molecule has 0 spiro atoms. The Morgan fingerprint density at radius 1 is 1.06 bits per heavy atom. The molecule has 2 aromatic carbocycles. The first-order valence-corrected chi connectivity index (χ1v) is 10.2. The number of nitrogens with one attached hydrogen (secondary N) is 1. The van der Waals surface area contributed by atoms with Crippen LogP contribution in [0.4, 0.5) is 11.4 Å². The summed E-state index contributed by atoms with van der Waals surface area (Å²) in [4.78, 5) is 23.6. The van der Waals surface area contributed by atoms with Crippen molar-refractivity contribution in [1.29, 1.82) is 0 Å². The summed E-state index contributed by atoms with van der Waals surface area (Å²) in [6.07, 6.45) is 1.67. The zero-order valence-electron chi connectivity index (χ0n) is 18.3. The molecule has 0 aliphatic rings. The second kappa shape index (κ2) is 8.95. The van der Waals surface area contributed by atoms with Crippen molar-refractivity contribution in [2.75, 3.05) is 5.32 Å². The number of hydrogen-bond donors (Lipinski definition) is 1. The minimum Gasteiger partial charge on any atom is -0.457 e. The van der Waals surface area contributed by atoms with Crippen LogP contribution < -0.4 is 10.1 Å². The Bertz CT molecular complexity index is 1340. The smallest absolute Gasteiger partial charge is 0.276 e. The van der Waals surface area contributed by atoms with Gasteiger partial charge >= 0.3 is 0 Å². The number of rotatable bonds is 7. The minimum absolute atomic E-state index is 0.171. The monoisotopic (exact) mass is 446 g/mol. The minimum atomic E-state index is -0.540. The predicted molar refractivity (Wildman–Crippen MR) is 122 cm³/mol. The SMILES string of the molecule is Cc1cccc(Oc2cc(NC(=O)c3ccn(Cn4nc(C)cc4C)n3)cc([N+](=O)[O-])c2)c1. The number of nitrogens with zero attached hydrogens (tertiary/aromatic N) is 5. The van der Waals surface area contributed by atoms with E-state index < -0.39 is 10.8 Å². The van der Waals surface area contributed by atoms with Crippen molar-refractivity contribution in [3.8, 4) is 11.5 Å². The molecule has 0 radical (unpaired) electrons. The number of benzene rings is 2. The lowest BCUT2D eigenvalue weighted by Gasteiger charge is -2.09. The summed E-state index contributed by atoms with van der Waals surface area (Å²) in [5.74, 6) is 0.278. The van der Waals surface area contributed by atoms with Gasteiger partial charge in [-0.05, 0) is 50.6 Å². The Kier molecular flexibility index (Phi) is 5.90. The van der Waals surface area contributed by atoms with Crippen LogP contribution in [0.3, 0.4) is 0 Å². The first-order chi connectivity index (χ1) is 15.8. The van der Waals surface area contributed by atoms with Gasteiger partial charge in [-0.3, -0.25) is 19.6 Å². The van der Waals surface area contributed by atoms with Gasteiger partial charge in [0.2, 0.25) is 0 Å². The molecule has 10 heteroatoms. The number of hydrogen-bond acceptors (Lipinski definition) is 6. The molecule has 0 unspecified atom stereocenters. The number of nitro benzene ring substituents is 1. The molecule has 4 rings (SSSR count). The lowest BCUT2D eigenvalue weighted by molar-refractivity contribution is -0.384. The number of nitro groups is 1. The lowest BCUT2D eigenvalue weighted by atomic mass is 10.2. The maximum Gasteiger partial charge on any atom is 0.276 e. The third kappa shape index (κ3) is 5.24. The molecule has 2 heterocycles. The molecule has 0 saturated carbocycles. The maximum atomic E-state index is 12.7. The van der Waals surface area contributed by atoms with E-state index in [9.17, 15) is 14.9 Å². The Balaban J connectivity index is 1.52. The molecule has 1 N–H and O–H groups in total. The fourth-order valence-electron chi connectivity index (χ4n) is 3.35. The average Bonchev–Trinajstić information content (AvgIpc) is 3.34. The third-order valence-electron chi connectivity index (χ3n) is 4.84. The quantitative estimate of drug-likeness (QED) is 0.331. The molecule has 0 fully saturated rings. The van der Waals surface area contributed by atoms with Gasteiger partial charge in [-0.25, -0.2) is 4.68 Å². The van der Waals surface area contributed by atoms with Crippen molar-refractivity contribution in [2.45, 2.75) is 27.4 Å². The topological polar surface area (TPSA) is 117 Å². The number of anilines is 1. The largest absolute Gasteiger partial charge is 0.457 e. The highest BCUT2D eigenvalue weighted by atomic mass is 16.6. The average molecular weight is 446 g/mol. The Morgan fingerprint density at radius 3 is 2.58 bits per heavy atom. The molecule has 0 aliphatic heterocycles. The van der Waals surface area contributed by atoms with Gasteiger partial charge in [-0.2, -0.15) is 10.2 Å². The normalized spacial score (nSPS) is 10.8. The van der Waals surface area contributed by atoms with Crippen molar-refractivity contribution >= 4 is 17.3 Å². The van der Waals surface area contributed by atoms with Gasteiger partial charge in [-0.1, -0.05) is 12.1 Å². The Hall–Kier alpha value is -4.47. The van der Waals surface area contributed by atoms with Crippen LogP contribution in [0.5, 0.6) is 11.5 Å². The van der Waals surface area contributed by atoms with E-state index in [0.717, 1.165) is 17.0 Å². The maximum absolute atomic E-state index is 12.7. The number of carbonyl (C=O) groups excluding carboxylic acids is 1. The zero-order chi connectivity index (χ0) is 23.5. The highest BCUT2D eigenvalue weighted by Crippen LogP contribution is 2.30. The first kappa shape index (κ1) is 21.8. The second-order valence-electron chi connectivity index (χ2n) is 7.65. The summed E-state index contributed by atoms with van der Waals surface area (Å²) in [5, 5.41) is 22.7. The van der Waals surface area contributed by atoms with Crippen LogP contribution in [0.2, 0.25) is 0 Å².